The molecule has 1 aromatic carbocycles. The zero-order valence-electron chi connectivity index (χ0n) is 18.4. The van der Waals surface area contributed by atoms with Crippen LogP contribution < -0.4 is 5.56 Å². The molecule has 2 bridgehead atoms. The molecule has 170 valence electrons. The lowest BCUT2D eigenvalue weighted by molar-refractivity contribution is -0.134. The Bertz CT molecular complexity index is 1220. The summed E-state index contributed by atoms with van der Waals surface area (Å²) in [6.45, 7) is 3.86. The van der Waals surface area contributed by atoms with Gasteiger partial charge in [0.1, 0.15) is 0 Å². The van der Waals surface area contributed by atoms with Crippen molar-refractivity contribution in [3.05, 3.63) is 74.5 Å². The Labute approximate surface area is 196 Å². The predicted molar refractivity (Wildman–Crippen MR) is 127 cm³/mol. The molecule has 3 amide bonds. The molecule has 2 saturated heterocycles. The molecule has 2 fully saturated rings. The van der Waals surface area contributed by atoms with E-state index in [0.29, 0.717) is 24.5 Å². The number of aryl methyl sites for hydroxylation is 1. The van der Waals surface area contributed by atoms with E-state index in [9.17, 15) is 19.2 Å². The number of aromatic nitrogens is 1. The highest BCUT2D eigenvalue weighted by molar-refractivity contribution is 8.18. The van der Waals surface area contributed by atoms with Gasteiger partial charge >= 0.3 is 0 Å². The number of hydrogen-bond donors (Lipinski definition) is 0. The van der Waals surface area contributed by atoms with Crippen LogP contribution in [-0.4, -0.2) is 51.1 Å². The van der Waals surface area contributed by atoms with Gasteiger partial charge in [-0.2, -0.15) is 0 Å². The van der Waals surface area contributed by atoms with E-state index in [4.69, 9.17) is 0 Å². The fraction of sp³-hybridized carbons (Fsp3) is 0.360. The van der Waals surface area contributed by atoms with Crippen LogP contribution in [0.2, 0.25) is 0 Å². The molecule has 0 aliphatic carbocycles. The average Bonchev–Trinajstić information content (AvgIpc) is 3.06. The van der Waals surface area contributed by atoms with E-state index in [0.717, 1.165) is 35.0 Å². The standard InChI is InChI=1S/C25H25N3O4S/c1-16-5-7-17(8-6-16)12-21-24(31)27(25(32)33-21)10-9-22(29)26-13-18-11-19(15-26)20-3-2-4-23(30)28(20)14-18/h2-8,12,18-19H,9-11,13-15H2,1H3/b21-12+/t18-,19?/m1/s1. The number of imide groups is 1. The van der Waals surface area contributed by atoms with E-state index >= 15 is 0 Å². The van der Waals surface area contributed by atoms with E-state index in [1.807, 2.05) is 46.7 Å². The van der Waals surface area contributed by atoms with Crippen LogP contribution in [-0.2, 0) is 16.1 Å². The number of piperidine rings is 1. The van der Waals surface area contributed by atoms with Crippen LogP contribution in [0.15, 0.2) is 52.2 Å². The number of nitrogens with zero attached hydrogens (tertiary/aromatic N) is 3. The summed E-state index contributed by atoms with van der Waals surface area (Å²) in [4.78, 5) is 53.7. The number of hydrogen-bond acceptors (Lipinski definition) is 5. The first-order chi connectivity index (χ1) is 15.9. The molecule has 5 rings (SSSR count). The molecule has 8 heteroatoms. The number of pyridine rings is 1. The summed E-state index contributed by atoms with van der Waals surface area (Å²) in [7, 11) is 0. The topological polar surface area (TPSA) is 79.7 Å². The highest BCUT2D eigenvalue weighted by Gasteiger charge is 2.38. The molecule has 7 nitrogen and oxygen atoms in total. The van der Waals surface area contributed by atoms with Gasteiger partial charge in [0.05, 0.1) is 4.91 Å². The zero-order chi connectivity index (χ0) is 23.1. The Hall–Kier alpha value is -3.13. The first-order valence-corrected chi connectivity index (χ1v) is 12.0. The number of fused-ring (bicyclic) bond motifs is 4. The van der Waals surface area contributed by atoms with Crippen LogP contribution in [0.1, 0.15) is 35.6 Å². The van der Waals surface area contributed by atoms with Crippen molar-refractivity contribution < 1.29 is 14.4 Å². The lowest BCUT2D eigenvalue weighted by Gasteiger charge is -2.42. The van der Waals surface area contributed by atoms with Crippen LogP contribution in [0.3, 0.4) is 0 Å². The minimum Gasteiger partial charge on any atom is -0.342 e. The highest BCUT2D eigenvalue weighted by Crippen LogP contribution is 2.36. The van der Waals surface area contributed by atoms with Crippen LogP contribution in [0.5, 0.6) is 0 Å². The number of carbonyl (C=O) groups excluding carboxylic acids is 3. The minimum absolute atomic E-state index is 0.0139. The molecule has 33 heavy (non-hydrogen) atoms. The molecule has 2 aromatic rings. The van der Waals surface area contributed by atoms with Gasteiger partial charge < -0.3 is 9.47 Å². The predicted octanol–water partition coefficient (Wildman–Crippen LogP) is 3.23. The van der Waals surface area contributed by atoms with E-state index in [1.165, 1.54) is 4.90 Å². The number of carbonyl (C=O) groups is 3. The van der Waals surface area contributed by atoms with Gasteiger partial charge in [0.15, 0.2) is 0 Å². The lowest BCUT2D eigenvalue weighted by atomic mass is 9.83. The summed E-state index contributed by atoms with van der Waals surface area (Å²) in [6.07, 6.45) is 2.80. The molecule has 4 heterocycles. The fourth-order valence-electron chi connectivity index (χ4n) is 4.97. The zero-order valence-corrected chi connectivity index (χ0v) is 19.2. The third-order valence-electron chi connectivity index (χ3n) is 6.63. The molecule has 0 N–H and O–H groups in total. The molecular weight excluding hydrogens is 438 g/mol. The van der Waals surface area contributed by atoms with Crippen molar-refractivity contribution >= 4 is 34.9 Å². The summed E-state index contributed by atoms with van der Waals surface area (Å²) >= 11 is 0.917. The molecule has 2 atom stereocenters. The van der Waals surface area contributed by atoms with Gasteiger partial charge in [0.2, 0.25) is 5.91 Å². The van der Waals surface area contributed by atoms with E-state index in [2.05, 4.69) is 0 Å². The maximum absolute atomic E-state index is 13.0. The maximum Gasteiger partial charge on any atom is 0.293 e. The van der Waals surface area contributed by atoms with Crippen molar-refractivity contribution in [2.24, 2.45) is 5.92 Å². The summed E-state index contributed by atoms with van der Waals surface area (Å²) < 4.78 is 1.83. The Morgan fingerprint density at radius 1 is 1.06 bits per heavy atom. The monoisotopic (exact) mass is 463 g/mol. The molecule has 1 aromatic heterocycles. The minimum atomic E-state index is -0.345. The number of amides is 3. The van der Waals surface area contributed by atoms with Gasteiger partial charge in [-0.3, -0.25) is 24.1 Å². The van der Waals surface area contributed by atoms with Crippen LogP contribution in [0.4, 0.5) is 4.79 Å². The molecule has 0 radical (unpaired) electrons. The second-order valence-electron chi connectivity index (χ2n) is 8.99. The van der Waals surface area contributed by atoms with Gasteiger partial charge in [-0.05, 0) is 48.7 Å². The molecule has 3 aliphatic rings. The Balaban J connectivity index is 1.22. The summed E-state index contributed by atoms with van der Waals surface area (Å²) in [5, 5.41) is -0.338. The van der Waals surface area contributed by atoms with Gasteiger partial charge in [-0.15, -0.1) is 0 Å². The van der Waals surface area contributed by atoms with E-state index < -0.39 is 0 Å². The SMILES string of the molecule is Cc1ccc(/C=C2/SC(=O)N(CCC(=O)N3CC4C[C@H](C3)Cn3c4cccc3=O)C2=O)cc1. The Morgan fingerprint density at radius 3 is 2.64 bits per heavy atom. The van der Waals surface area contributed by atoms with E-state index in [-0.39, 0.29) is 47.4 Å². The lowest BCUT2D eigenvalue weighted by Crippen LogP contribution is -2.49. The number of rotatable bonds is 4. The fourth-order valence-corrected chi connectivity index (χ4v) is 5.84. The molecule has 1 unspecified atom stereocenters. The third-order valence-corrected chi connectivity index (χ3v) is 7.54. The quantitative estimate of drug-likeness (QED) is 0.651. The number of likely N-dealkylation sites (tertiary alicyclic amines) is 1. The van der Waals surface area contributed by atoms with Crippen LogP contribution >= 0.6 is 11.8 Å². The van der Waals surface area contributed by atoms with E-state index in [1.54, 1.807) is 18.2 Å². The Morgan fingerprint density at radius 2 is 1.85 bits per heavy atom. The maximum atomic E-state index is 13.0. The highest BCUT2D eigenvalue weighted by atomic mass is 32.2. The molecule has 0 spiro atoms. The average molecular weight is 464 g/mol. The summed E-state index contributed by atoms with van der Waals surface area (Å²) in [5.41, 5.74) is 2.99. The van der Waals surface area contributed by atoms with Gasteiger partial charge in [0.25, 0.3) is 16.7 Å². The van der Waals surface area contributed by atoms with Crippen molar-refractivity contribution in [2.75, 3.05) is 19.6 Å². The molecule has 0 saturated carbocycles. The molecule has 3 aliphatic heterocycles. The van der Waals surface area contributed by atoms with Crippen LogP contribution in [0.25, 0.3) is 6.08 Å². The second-order valence-corrected chi connectivity index (χ2v) is 9.98. The first kappa shape index (κ1) is 21.7. The number of benzene rings is 1. The van der Waals surface area contributed by atoms with Gasteiger partial charge in [0, 0.05) is 50.3 Å². The first-order valence-electron chi connectivity index (χ1n) is 11.2. The van der Waals surface area contributed by atoms with Gasteiger partial charge in [-0.25, -0.2) is 0 Å². The summed E-state index contributed by atoms with van der Waals surface area (Å²) in [5.74, 6) is -0.0138. The second kappa shape index (κ2) is 8.67. The molecular formula is C25H25N3O4S. The van der Waals surface area contributed by atoms with Crippen molar-refractivity contribution in [2.45, 2.75) is 32.2 Å². The van der Waals surface area contributed by atoms with Crippen molar-refractivity contribution in [3.63, 3.8) is 0 Å². The normalized spacial score (nSPS) is 23.2. The van der Waals surface area contributed by atoms with Crippen molar-refractivity contribution in [1.29, 1.82) is 0 Å². The third kappa shape index (κ3) is 4.27. The van der Waals surface area contributed by atoms with Gasteiger partial charge in [-0.1, -0.05) is 35.9 Å². The summed E-state index contributed by atoms with van der Waals surface area (Å²) in [6, 6.07) is 13.1. The smallest absolute Gasteiger partial charge is 0.293 e. The van der Waals surface area contributed by atoms with Crippen LogP contribution in [0, 0.1) is 12.8 Å². The van der Waals surface area contributed by atoms with Crippen molar-refractivity contribution in [3.8, 4) is 0 Å². The number of thioether (sulfide) groups is 1. The largest absolute Gasteiger partial charge is 0.342 e. The van der Waals surface area contributed by atoms with Crippen molar-refractivity contribution in [1.82, 2.24) is 14.4 Å². The Kier molecular flexibility index (Phi) is 5.70.